The number of anilines is 1. The maximum absolute atomic E-state index is 6.01. The summed E-state index contributed by atoms with van der Waals surface area (Å²) in [5, 5.41) is 4.11. The molecule has 15 heavy (non-hydrogen) atoms. The van der Waals surface area contributed by atoms with E-state index < -0.39 is 0 Å². The zero-order chi connectivity index (χ0) is 10.5. The highest BCUT2D eigenvalue weighted by Crippen LogP contribution is 2.24. The average molecular weight is 243 g/mol. The summed E-state index contributed by atoms with van der Waals surface area (Å²) in [4.78, 5) is 3.96. The highest BCUT2D eigenvalue weighted by atomic mass is 35.5. The van der Waals surface area contributed by atoms with Crippen molar-refractivity contribution in [3.8, 4) is 0 Å². The molecule has 1 aromatic rings. The Hall–Kier alpha value is -0.410. The van der Waals surface area contributed by atoms with Gasteiger partial charge in [-0.25, -0.2) is 0 Å². The number of aromatic nitrogens is 1. The fourth-order valence-electron chi connectivity index (χ4n) is 1.72. The Morgan fingerprint density at radius 3 is 3.00 bits per heavy atom. The summed E-state index contributed by atoms with van der Waals surface area (Å²) in [5.41, 5.74) is 1.00. The van der Waals surface area contributed by atoms with Gasteiger partial charge in [-0.3, -0.25) is 4.98 Å². The Bertz CT molecular complexity index is 313. The quantitative estimate of drug-likeness (QED) is 0.881. The van der Waals surface area contributed by atoms with E-state index in [1.807, 2.05) is 6.07 Å². The minimum absolute atomic E-state index is 0.711. The number of pyridine rings is 1. The Morgan fingerprint density at radius 2 is 2.27 bits per heavy atom. The van der Waals surface area contributed by atoms with Gasteiger partial charge >= 0.3 is 0 Å². The third-order valence-corrected chi connectivity index (χ3v) is 4.04. The van der Waals surface area contributed by atoms with Crippen molar-refractivity contribution in [1.82, 2.24) is 4.98 Å². The topological polar surface area (TPSA) is 24.9 Å². The van der Waals surface area contributed by atoms with Crippen molar-refractivity contribution in [3.05, 3.63) is 23.5 Å². The molecule has 1 aromatic heterocycles. The number of halogens is 1. The summed E-state index contributed by atoms with van der Waals surface area (Å²) in [6.07, 6.45) is 6.09. The van der Waals surface area contributed by atoms with Gasteiger partial charge in [-0.2, -0.15) is 11.8 Å². The van der Waals surface area contributed by atoms with E-state index in [0.717, 1.165) is 18.2 Å². The zero-order valence-corrected chi connectivity index (χ0v) is 10.2. The molecule has 1 aliphatic heterocycles. The van der Waals surface area contributed by atoms with Crippen molar-refractivity contribution < 1.29 is 0 Å². The fourth-order valence-corrected chi connectivity index (χ4v) is 3.11. The molecule has 1 fully saturated rings. The van der Waals surface area contributed by atoms with Crippen LogP contribution in [0.15, 0.2) is 18.5 Å². The molecule has 2 nitrogen and oxygen atoms in total. The van der Waals surface area contributed by atoms with Crippen molar-refractivity contribution in [2.45, 2.75) is 12.8 Å². The molecule has 0 spiro atoms. The summed E-state index contributed by atoms with van der Waals surface area (Å²) in [7, 11) is 0. The Labute approximate surface area is 99.8 Å². The summed E-state index contributed by atoms with van der Waals surface area (Å²) >= 11 is 8.07. The van der Waals surface area contributed by atoms with Crippen LogP contribution in [0.1, 0.15) is 12.8 Å². The summed E-state index contributed by atoms with van der Waals surface area (Å²) in [5.74, 6) is 3.41. The number of nitrogens with one attached hydrogen (secondary N) is 1. The van der Waals surface area contributed by atoms with Gasteiger partial charge in [0.25, 0.3) is 0 Å². The van der Waals surface area contributed by atoms with Crippen LogP contribution in [0.5, 0.6) is 0 Å². The first-order valence-corrected chi connectivity index (χ1v) is 6.80. The Kier molecular flexibility index (Phi) is 4.15. The van der Waals surface area contributed by atoms with Crippen LogP contribution in [0.2, 0.25) is 5.02 Å². The van der Waals surface area contributed by atoms with Crippen LogP contribution in [0.4, 0.5) is 5.69 Å². The lowest BCUT2D eigenvalue weighted by Gasteiger charge is -2.22. The lowest BCUT2D eigenvalue weighted by atomic mass is 10.0. The van der Waals surface area contributed by atoms with E-state index in [-0.39, 0.29) is 0 Å². The molecule has 82 valence electrons. The van der Waals surface area contributed by atoms with Gasteiger partial charge in [0, 0.05) is 18.9 Å². The van der Waals surface area contributed by atoms with Crippen LogP contribution in [-0.4, -0.2) is 23.0 Å². The molecule has 4 heteroatoms. The predicted molar refractivity (Wildman–Crippen MR) is 67.8 cm³/mol. The van der Waals surface area contributed by atoms with Crippen molar-refractivity contribution in [3.63, 3.8) is 0 Å². The molecule has 1 N–H and O–H groups in total. The first-order valence-electron chi connectivity index (χ1n) is 5.27. The van der Waals surface area contributed by atoms with Gasteiger partial charge in [0.2, 0.25) is 0 Å². The summed E-state index contributed by atoms with van der Waals surface area (Å²) in [6, 6.07) is 1.93. The second-order valence-electron chi connectivity index (χ2n) is 3.79. The largest absolute Gasteiger partial charge is 0.383 e. The van der Waals surface area contributed by atoms with Gasteiger partial charge in [0.15, 0.2) is 0 Å². The van der Waals surface area contributed by atoms with Crippen LogP contribution in [0, 0.1) is 5.92 Å². The third kappa shape index (κ3) is 3.28. The molecule has 0 amide bonds. The SMILES string of the molecule is Clc1cnccc1NCC1CCSCC1. The minimum Gasteiger partial charge on any atom is -0.383 e. The Balaban J connectivity index is 1.84. The van der Waals surface area contributed by atoms with Crippen molar-refractivity contribution in [1.29, 1.82) is 0 Å². The third-order valence-electron chi connectivity index (χ3n) is 2.69. The molecule has 2 heterocycles. The Morgan fingerprint density at radius 1 is 1.47 bits per heavy atom. The van der Waals surface area contributed by atoms with Gasteiger partial charge in [-0.1, -0.05) is 11.6 Å². The van der Waals surface area contributed by atoms with Gasteiger partial charge in [0.05, 0.1) is 10.7 Å². The minimum atomic E-state index is 0.711. The van der Waals surface area contributed by atoms with Crippen molar-refractivity contribution in [2.24, 2.45) is 5.92 Å². The van der Waals surface area contributed by atoms with E-state index in [1.54, 1.807) is 12.4 Å². The smallest absolute Gasteiger partial charge is 0.0820 e. The van der Waals surface area contributed by atoms with E-state index in [0.29, 0.717) is 5.02 Å². The predicted octanol–water partition coefficient (Wildman–Crippen LogP) is 3.29. The zero-order valence-electron chi connectivity index (χ0n) is 8.58. The fraction of sp³-hybridized carbons (Fsp3) is 0.545. The maximum atomic E-state index is 6.01. The normalized spacial score (nSPS) is 17.7. The monoisotopic (exact) mass is 242 g/mol. The molecular weight excluding hydrogens is 228 g/mol. The van der Waals surface area contributed by atoms with Gasteiger partial charge in [-0.05, 0) is 36.3 Å². The molecule has 0 saturated carbocycles. The van der Waals surface area contributed by atoms with E-state index >= 15 is 0 Å². The standard InChI is InChI=1S/C11H15ClN2S/c12-10-8-13-4-1-11(10)14-7-9-2-5-15-6-3-9/h1,4,8-9H,2-3,5-7H2,(H,13,14). The molecular formula is C11H15ClN2S. The van der Waals surface area contributed by atoms with Gasteiger partial charge in [-0.15, -0.1) is 0 Å². The second kappa shape index (κ2) is 5.61. The molecule has 1 aliphatic rings. The first-order chi connectivity index (χ1) is 7.36. The summed E-state index contributed by atoms with van der Waals surface area (Å²) < 4.78 is 0. The van der Waals surface area contributed by atoms with Crippen molar-refractivity contribution >= 4 is 29.1 Å². The molecule has 0 aromatic carbocycles. The average Bonchev–Trinajstić information content (AvgIpc) is 2.29. The van der Waals surface area contributed by atoms with Crippen LogP contribution >= 0.6 is 23.4 Å². The van der Waals surface area contributed by atoms with Crippen LogP contribution in [0.25, 0.3) is 0 Å². The maximum Gasteiger partial charge on any atom is 0.0820 e. The van der Waals surface area contributed by atoms with E-state index in [1.165, 1.54) is 24.3 Å². The van der Waals surface area contributed by atoms with Crippen LogP contribution in [0.3, 0.4) is 0 Å². The van der Waals surface area contributed by atoms with Crippen molar-refractivity contribution in [2.75, 3.05) is 23.4 Å². The lowest BCUT2D eigenvalue weighted by Crippen LogP contribution is -2.19. The molecule has 1 saturated heterocycles. The number of nitrogens with zero attached hydrogens (tertiary/aromatic N) is 1. The number of hydrogen-bond acceptors (Lipinski definition) is 3. The number of rotatable bonds is 3. The summed E-state index contributed by atoms with van der Waals surface area (Å²) in [6.45, 7) is 1.03. The highest BCUT2D eigenvalue weighted by molar-refractivity contribution is 7.99. The van der Waals surface area contributed by atoms with Crippen LogP contribution in [-0.2, 0) is 0 Å². The number of hydrogen-bond donors (Lipinski definition) is 1. The second-order valence-corrected chi connectivity index (χ2v) is 5.42. The van der Waals surface area contributed by atoms with Crippen LogP contribution < -0.4 is 5.32 Å². The first kappa shape index (κ1) is 11.1. The van der Waals surface area contributed by atoms with Gasteiger partial charge < -0.3 is 5.32 Å². The van der Waals surface area contributed by atoms with E-state index in [9.17, 15) is 0 Å². The molecule has 2 rings (SSSR count). The highest BCUT2D eigenvalue weighted by Gasteiger charge is 2.13. The van der Waals surface area contributed by atoms with E-state index in [2.05, 4.69) is 22.1 Å². The van der Waals surface area contributed by atoms with E-state index in [4.69, 9.17) is 11.6 Å². The lowest BCUT2D eigenvalue weighted by molar-refractivity contribution is 0.516. The molecule has 0 aliphatic carbocycles. The number of thioether (sulfide) groups is 1. The molecule has 0 bridgehead atoms. The molecule has 0 atom stereocenters. The molecule has 0 radical (unpaired) electrons. The van der Waals surface area contributed by atoms with Gasteiger partial charge in [0.1, 0.15) is 0 Å². The molecule has 0 unspecified atom stereocenters.